The van der Waals surface area contributed by atoms with Crippen LogP contribution in [0, 0.1) is 12.7 Å². The first-order chi connectivity index (χ1) is 8.09. The largest absolute Gasteiger partial charge is 0.507 e. The van der Waals surface area contributed by atoms with E-state index in [1.807, 2.05) is 30.3 Å². The molecule has 88 valence electrons. The third kappa shape index (κ3) is 2.29. The third-order valence-corrected chi connectivity index (χ3v) is 2.80. The van der Waals surface area contributed by atoms with Crippen LogP contribution >= 0.6 is 0 Å². The van der Waals surface area contributed by atoms with Crippen molar-refractivity contribution in [2.24, 2.45) is 5.73 Å². The summed E-state index contributed by atoms with van der Waals surface area (Å²) >= 11 is 0. The summed E-state index contributed by atoms with van der Waals surface area (Å²) in [6.07, 6.45) is 0. The number of phenolic OH excluding ortho intramolecular Hbond substituents is 1. The maximum absolute atomic E-state index is 13.2. The van der Waals surface area contributed by atoms with Gasteiger partial charge in [-0.15, -0.1) is 0 Å². The predicted octanol–water partition coefficient (Wildman–Crippen LogP) is 2.89. The van der Waals surface area contributed by atoms with Gasteiger partial charge in [0.1, 0.15) is 11.6 Å². The Balaban J connectivity index is 2.44. The van der Waals surface area contributed by atoms with Crippen LogP contribution in [0.3, 0.4) is 0 Å². The average Bonchev–Trinajstić information content (AvgIpc) is 2.34. The van der Waals surface area contributed by atoms with Crippen molar-refractivity contribution in [3.63, 3.8) is 0 Å². The SMILES string of the molecule is Cc1cc(C(N)c2ccccc2)c(O)cc1F. The Hall–Kier alpha value is -1.87. The number of rotatable bonds is 2. The minimum absolute atomic E-state index is 0.107. The van der Waals surface area contributed by atoms with Gasteiger partial charge in [0.05, 0.1) is 6.04 Å². The second kappa shape index (κ2) is 4.55. The van der Waals surface area contributed by atoms with Crippen molar-refractivity contribution in [3.8, 4) is 5.75 Å². The minimum Gasteiger partial charge on any atom is -0.507 e. The predicted molar refractivity (Wildman–Crippen MR) is 65.3 cm³/mol. The molecule has 0 saturated heterocycles. The summed E-state index contributed by atoms with van der Waals surface area (Å²) in [5.41, 5.74) is 7.95. The zero-order valence-electron chi connectivity index (χ0n) is 9.52. The molecule has 0 radical (unpaired) electrons. The van der Waals surface area contributed by atoms with Crippen molar-refractivity contribution in [2.75, 3.05) is 0 Å². The summed E-state index contributed by atoms with van der Waals surface area (Å²) in [6.45, 7) is 1.65. The Morgan fingerprint density at radius 2 is 1.82 bits per heavy atom. The van der Waals surface area contributed by atoms with Gasteiger partial charge in [0.15, 0.2) is 0 Å². The highest BCUT2D eigenvalue weighted by molar-refractivity contribution is 5.43. The maximum atomic E-state index is 13.2. The lowest BCUT2D eigenvalue weighted by Gasteiger charge is -2.15. The summed E-state index contributed by atoms with van der Waals surface area (Å²) in [5, 5.41) is 9.73. The van der Waals surface area contributed by atoms with Crippen LogP contribution < -0.4 is 5.73 Å². The fourth-order valence-corrected chi connectivity index (χ4v) is 1.78. The summed E-state index contributed by atoms with van der Waals surface area (Å²) in [4.78, 5) is 0. The quantitative estimate of drug-likeness (QED) is 0.834. The smallest absolute Gasteiger partial charge is 0.129 e. The first kappa shape index (κ1) is 11.6. The van der Waals surface area contributed by atoms with E-state index in [-0.39, 0.29) is 5.75 Å². The highest BCUT2D eigenvalue weighted by Crippen LogP contribution is 2.29. The van der Waals surface area contributed by atoms with Gasteiger partial charge in [0.2, 0.25) is 0 Å². The van der Waals surface area contributed by atoms with Crippen molar-refractivity contribution in [1.29, 1.82) is 0 Å². The molecule has 1 unspecified atom stereocenters. The Kier molecular flexibility index (Phi) is 3.11. The van der Waals surface area contributed by atoms with Gasteiger partial charge in [-0.2, -0.15) is 0 Å². The number of hydrogen-bond donors (Lipinski definition) is 2. The number of nitrogens with two attached hydrogens (primary N) is 1. The van der Waals surface area contributed by atoms with E-state index in [1.165, 1.54) is 0 Å². The number of halogens is 1. The van der Waals surface area contributed by atoms with E-state index in [2.05, 4.69) is 0 Å². The first-order valence-electron chi connectivity index (χ1n) is 5.39. The first-order valence-corrected chi connectivity index (χ1v) is 5.39. The molecule has 3 heteroatoms. The van der Waals surface area contributed by atoms with Crippen LogP contribution in [0.15, 0.2) is 42.5 Å². The molecule has 0 aliphatic heterocycles. The van der Waals surface area contributed by atoms with E-state index in [0.717, 1.165) is 11.6 Å². The molecular formula is C14H14FNO. The van der Waals surface area contributed by atoms with Crippen LogP contribution in [0.2, 0.25) is 0 Å². The zero-order chi connectivity index (χ0) is 12.4. The normalized spacial score (nSPS) is 12.4. The molecule has 0 saturated carbocycles. The number of hydrogen-bond acceptors (Lipinski definition) is 2. The molecule has 0 aromatic heterocycles. The molecule has 0 aliphatic carbocycles. The second-order valence-electron chi connectivity index (χ2n) is 4.05. The number of aromatic hydroxyl groups is 1. The van der Waals surface area contributed by atoms with E-state index in [9.17, 15) is 9.50 Å². The fourth-order valence-electron chi connectivity index (χ4n) is 1.78. The molecule has 2 nitrogen and oxygen atoms in total. The molecule has 0 fully saturated rings. The van der Waals surface area contributed by atoms with Crippen molar-refractivity contribution in [1.82, 2.24) is 0 Å². The number of benzene rings is 2. The second-order valence-corrected chi connectivity index (χ2v) is 4.05. The van der Waals surface area contributed by atoms with Gasteiger partial charge in [-0.05, 0) is 24.1 Å². The van der Waals surface area contributed by atoms with Crippen LogP contribution in [0.1, 0.15) is 22.7 Å². The summed E-state index contributed by atoms with van der Waals surface area (Å²) < 4.78 is 13.2. The highest BCUT2D eigenvalue weighted by atomic mass is 19.1. The van der Waals surface area contributed by atoms with Gasteiger partial charge in [-0.3, -0.25) is 0 Å². The van der Waals surface area contributed by atoms with Gasteiger partial charge in [0, 0.05) is 11.6 Å². The Bertz CT molecular complexity index is 525. The minimum atomic E-state index is -0.449. The Morgan fingerprint density at radius 1 is 1.18 bits per heavy atom. The van der Waals surface area contributed by atoms with E-state index in [4.69, 9.17) is 5.73 Å². The van der Waals surface area contributed by atoms with Gasteiger partial charge in [0.25, 0.3) is 0 Å². The molecule has 0 amide bonds. The monoisotopic (exact) mass is 231 g/mol. The van der Waals surface area contributed by atoms with Crippen LogP contribution in [0.5, 0.6) is 5.75 Å². The van der Waals surface area contributed by atoms with E-state index in [1.54, 1.807) is 13.0 Å². The molecule has 17 heavy (non-hydrogen) atoms. The molecule has 2 aromatic rings. The topological polar surface area (TPSA) is 46.2 Å². The summed E-state index contributed by atoms with van der Waals surface area (Å²) in [6, 6.07) is 11.6. The van der Waals surface area contributed by atoms with E-state index < -0.39 is 11.9 Å². The fraction of sp³-hybridized carbons (Fsp3) is 0.143. The van der Waals surface area contributed by atoms with Crippen LogP contribution in [-0.4, -0.2) is 5.11 Å². The molecule has 2 rings (SSSR count). The standard InChI is InChI=1S/C14H14FNO/c1-9-7-11(13(17)8-12(9)15)14(16)10-5-3-2-4-6-10/h2-8,14,17H,16H2,1H3. The highest BCUT2D eigenvalue weighted by Gasteiger charge is 2.14. The third-order valence-electron chi connectivity index (χ3n) is 2.80. The van der Waals surface area contributed by atoms with E-state index in [0.29, 0.717) is 11.1 Å². The maximum Gasteiger partial charge on any atom is 0.129 e. The van der Waals surface area contributed by atoms with Crippen LogP contribution in [0.4, 0.5) is 4.39 Å². The zero-order valence-corrected chi connectivity index (χ0v) is 9.52. The molecule has 3 N–H and O–H groups in total. The summed E-state index contributed by atoms with van der Waals surface area (Å²) in [5.74, 6) is -0.532. The molecule has 2 aromatic carbocycles. The number of phenols is 1. The lowest BCUT2D eigenvalue weighted by Crippen LogP contribution is -2.12. The van der Waals surface area contributed by atoms with Crippen molar-refractivity contribution >= 4 is 0 Å². The summed E-state index contributed by atoms with van der Waals surface area (Å²) in [7, 11) is 0. The molecule has 0 spiro atoms. The van der Waals surface area contributed by atoms with Gasteiger partial charge in [-0.1, -0.05) is 30.3 Å². The number of aryl methyl sites for hydroxylation is 1. The van der Waals surface area contributed by atoms with Crippen molar-refractivity contribution < 1.29 is 9.50 Å². The van der Waals surface area contributed by atoms with Crippen molar-refractivity contribution in [3.05, 3.63) is 65.0 Å². The lowest BCUT2D eigenvalue weighted by molar-refractivity contribution is 0.458. The molecule has 0 bridgehead atoms. The van der Waals surface area contributed by atoms with E-state index >= 15 is 0 Å². The average molecular weight is 231 g/mol. The van der Waals surface area contributed by atoms with Gasteiger partial charge >= 0.3 is 0 Å². The molecule has 1 atom stereocenters. The molecule has 0 aliphatic rings. The lowest BCUT2D eigenvalue weighted by atomic mass is 9.97. The molecular weight excluding hydrogens is 217 g/mol. The Morgan fingerprint density at radius 3 is 2.47 bits per heavy atom. The van der Waals surface area contributed by atoms with Crippen molar-refractivity contribution in [2.45, 2.75) is 13.0 Å². The van der Waals surface area contributed by atoms with Crippen LogP contribution in [-0.2, 0) is 0 Å². The van der Waals surface area contributed by atoms with Gasteiger partial charge in [-0.25, -0.2) is 4.39 Å². The molecule has 0 heterocycles. The Labute approximate surface area is 99.5 Å². The van der Waals surface area contributed by atoms with Crippen LogP contribution in [0.25, 0.3) is 0 Å². The van der Waals surface area contributed by atoms with Gasteiger partial charge < -0.3 is 10.8 Å².